The van der Waals surface area contributed by atoms with Crippen LogP contribution in [0.3, 0.4) is 0 Å². The van der Waals surface area contributed by atoms with Crippen molar-refractivity contribution in [2.24, 2.45) is 29.6 Å². The van der Waals surface area contributed by atoms with Gasteiger partial charge >= 0.3 is 16.6 Å². The molecule has 0 aliphatic heterocycles. The van der Waals surface area contributed by atoms with E-state index in [1.165, 1.54) is 0 Å². The molecule has 0 radical (unpaired) electrons. The number of hydrogen-bond acceptors (Lipinski definition) is 6. The predicted molar refractivity (Wildman–Crippen MR) is 46.6 cm³/mol. The maximum absolute atomic E-state index is 11.2. The van der Waals surface area contributed by atoms with E-state index in [9.17, 15) is 30.3 Å². The van der Waals surface area contributed by atoms with Crippen LogP contribution in [-0.2, 0) is 0 Å². The van der Waals surface area contributed by atoms with Gasteiger partial charge in [-0.1, -0.05) is 0 Å². The van der Waals surface area contributed by atoms with Crippen LogP contribution in [0.5, 0.6) is 0 Å². The fourth-order valence-electron chi connectivity index (χ4n) is 6.68. The maximum atomic E-state index is 11.2. The Hall–Kier alpha value is -1.80. The fourth-order valence-corrected chi connectivity index (χ4v) is 6.68. The van der Waals surface area contributed by atoms with E-state index in [4.69, 9.17) is 0 Å². The molecule has 4 atom stereocenters. The van der Waals surface area contributed by atoms with Crippen molar-refractivity contribution in [2.75, 3.05) is 0 Å². The first-order valence-electron chi connectivity index (χ1n) is 5.38. The van der Waals surface area contributed by atoms with E-state index in [0.717, 1.165) is 0 Å². The lowest BCUT2D eigenvalue weighted by atomic mass is 8.93. The van der Waals surface area contributed by atoms with Crippen molar-refractivity contribution in [2.45, 2.75) is 16.6 Å². The zero-order valence-corrected chi connectivity index (χ0v) is 8.18. The minimum absolute atomic E-state index is 0.0256. The van der Waals surface area contributed by atoms with Crippen LogP contribution in [0.1, 0.15) is 0 Å². The summed E-state index contributed by atoms with van der Waals surface area (Å²) >= 11 is 0. The number of hydrogen-bond donors (Lipinski definition) is 0. The summed E-state index contributed by atoms with van der Waals surface area (Å²) in [6.45, 7) is 0. The molecule has 0 aromatic heterocycles. The Bertz CT molecular complexity index is 552. The largest absolute Gasteiger partial charge is 0.363 e. The molecule has 9 heteroatoms. The molecule has 88 valence electrons. The molecule has 0 aromatic rings. The Morgan fingerprint density at radius 1 is 0.765 bits per heavy atom. The lowest BCUT2D eigenvalue weighted by Gasteiger charge is -2.99. The van der Waals surface area contributed by atoms with Crippen molar-refractivity contribution in [1.82, 2.24) is 0 Å². The van der Waals surface area contributed by atoms with Crippen LogP contribution in [0, 0.1) is 59.9 Å². The summed E-state index contributed by atoms with van der Waals surface area (Å²) in [6, 6.07) is 0. The highest BCUT2D eigenvalue weighted by atomic mass is 16.7. The molecular weight excluding hydrogens is 234 g/mol. The van der Waals surface area contributed by atoms with E-state index in [-0.39, 0.29) is 17.8 Å². The lowest BCUT2D eigenvalue weighted by molar-refractivity contribution is -0.958. The monoisotopic (exact) mass is 239 g/mol. The molecule has 0 heterocycles. The van der Waals surface area contributed by atoms with E-state index in [1.807, 2.05) is 0 Å². The highest BCUT2D eigenvalue weighted by Crippen LogP contribution is 3.06. The SMILES string of the molecule is O=[N+]([O-])C12C3C4C5C3C1([N+](=O)[O-])C5([N+](=O)[O-])C42. The zero-order valence-electron chi connectivity index (χ0n) is 8.18. The van der Waals surface area contributed by atoms with Crippen molar-refractivity contribution >= 4 is 0 Å². The average molecular weight is 239 g/mol. The first-order chi connectivity index (χ1) is 7.94. The van der Waals surface area contributed by atoms with Crippen molar-refractivity contribution in [3.05, 3.63) is 30.3 Å². The van der Waals surface area contributed by atoms with E-state index in [0.29, 0.717) is 0 Å². The van der Waals surface area contributed by atoms with E-state index < -0.39 is 43.2 Å². The number of rotatable bonds is 3. The van der Waals surface area contributed by atoms with Crippen molar-refractivity contribution < 1.29 is 14.8 Å². The Balaban J connectivity index is 1.79. The quantitative estimate of drug-likeness (QED) is 0.467. The first-order valence-corrected chi connectivity index (χ1v) is 5.38. The normalized spacial score (nSPS) is 69.5. The molecule has 0 N–H and O–H groups in total. The minimum Gasteiger partial charge on any atom is -0.264 e. The van der Waals surface area contributed by atoms with Gasteiger partial charge in [-0.15, -0.1) is 0 Å². The van der Waals surface area contributed by atoms with Crippen LogP contribution in [0.2, 0.25) is 0 Å². The summed E-state index contributed by atoms with van der Waals surface area (Å²) in [5, 5.41) is 33.5. The summed E-state index contributed by atoms with van der Waals surface area (Å²) in [6.07, 6.45) is 0. The molecule has 4 unspecified atom stereocenters. The second-order valence-corrected chi connectivity index (χ2v) is 5.82. The smallest absolute Gasteiger partial charge is 0.264 e. The molecular formula is C8H5N3O6. The van der Waals surface area contributed by atoms with Crippen molar-refractivity contribution in [3.8, 4) is 0 Å². The van der Waals surface area contributed by atoms with Crippen LogP contribution >= 0.6 is 0 Å². The van der Waals surface area contributed by atoms with E-state index in [1.54, 1.807) is 0 Å². The zero-order chi connectivity index (χ0) is 12.1. The Morgan fingerprint density at radius 2 is 1.24 bits per heavy atom. The molecule has 6 rings (SSSR count). The highest BCUT2D eigenvalue weighted by molar-refractivity contribution is 5.66. The van der Waals surface area contributed by atoms with Gasteiger partial charge in [0, 0.05) is 14.8 Å². The van der Waals surface area contributed by atoms with Gasteiger partial charge in [-0.25, -0.2) is 0 Å². The highest BCUT2D eigenvalue weighted by Gasteiger charge is 3.34. The van der Waals surface area contributed by atoms with E-state index >= 15 is 0 Å². The molecule has 6 saturated carbocycles. The van der Waals surface area contributed by atoms with Crippen LogP contribution in [-0.4, -0.2) is 31.4 Å². The van der Waals surface area contributed by atoms with Crippen LogP contribution in [0.15, 0.2) is 0 Å². The van der Waals surface area contributed by atoms with Crippen molar-refractivity contribution in [1.29, 1.82) is 0 Å². The molecule has 6 fully saturated rings. The second kappa shape index (κ2) is 1.53. The molecule has 6 aliphatic rings. The van der Waals surface area contributed by atoms with Crippen LogP contribution in [0.25, 0.3) is 0 Å². The number of nitro groups is 3. The summed E-state index contributed by atoms with van der Waals surface area (Å²) < 4.78 is 0. The third-order valence-electron chi connectivity index (χ3n) is 6.55. The van der Waals surface area contributed by atoms with Gasteiger partial charge in [0.15, 0.2) is 0 Å². The summed E-state index contributed by atoms with van der Waals surface area (Å²) in [5.41, 5.74) is -5.05. The molecule has 6 aliphatic carbocycles. The van der Waals surface area contributed by atoms with Gasteiger partial charge in [0.1, 0.15) is 5.92 Å². The predicted octanol–water partition coefficient (Wildman–Crippen LogP) is -0.818. The van der Waals surface area contributed by atoms with Crippen molar-refractivity contribution in [3.63, 3.8) is 0 Å². The van der Waals surface area contributed by atoms with Gasteiger partial charge in [0.2, 0.25) is 0 Å². The Labute approximate surface area is 92.2 Å². The average Bonchev–Trinajstić information content (AvgIpc) is 2.26. The third-order valence-corrected chi connectivity index (χ3v) is 6.55. The molecule has 0 saturated heterocycles. The van der Waals surface area contributed by atoms with Gasteiger partial charge in [-0.05, 0) is 5.92 Å². The minimum atomic E-state index is -1.87. The van der Waals surface area contributed by atoms with Gasteiger partial charge < -0.3 is 0 Å². The summed E-state index contributed by atoms with van der Waals surface area (Å²) in [5.74, 6) is -1.55. The molecule has 0 amide bonds. The molecule has 17 heavy (non-hydrogen) atoms. The van der Waals surface area contributed by atoms with Gasteiger partial charge in [-0.2, -0.15) is 0 Å². The van der Waals surface area contributed by atoms with E-state index in [2.05, 4.69) is 0 Å². The van der Waals surface area contributed by atoms with Crippen LogP contribution in [0.4, 0.5) is 0 Å². The van der Waals surface area contributed by atoms with Gasteiger partial charge in [0.05, 0.1) is 17.8 Å². The third kappa shape index (κ3) is 0.298. The first kappa shape index (κ1) is 8.31. The van der Waals surface area contributed by atoms with Gasteiger partial charge in [-0.3, -0.25) is 30.3 Å². The topological polar surface area (TPSA) is 129 Å². The molecule has 0 aromatic carbocycles. The van der Waals surface area contributed by atoms with Gasteiger partial charge in [0.25, 0.3) is 0 Å². The Morgan fingerprint density at radius 3 is 1.59 bits per heavy atom. The second-order valence-electron chi connectivity index (χ2n) is 5.82. The Kier molecular flexibility index (Phi) is 0.749. The molecule has 0 bridgehead atoms. The molecule has 9 nitrogen and oxygen atoms in total. The summed E-state index contributed by atoms with van der Waals surface area (Å²) in [7, 11) is 0. The number of nitrogens with zero attached hydrogens (tertiary/aromatic N) is 3. The maximum Gasteiger partial charge on any atom is 0.363 e. The summed E-state index contributed by atoms with van der Waals surface area (Å²) in [4.78, 5) is 31.5. The lowest BCUT2D eigenvalue weighted by Crippen LogP contribution is -3.27. The fraction of sp³-hybridized carbons (Fsp3) is 1.00. The molecule has 0 spiro atoms. The van der Waals surface area contributed by atoms with Crippen LogP contribution < -0.4 is 0 Å². The standard InChI is InChI=1S/C8H5N3O6/c12-9(13)6-2-1-3-4(2)8(6,11(16)17)7(3,5(1)6)10(14)15/h1-5H.